The van der Waals surface area contributed by atoms with Crippen molar-refractivity contribution in [1.29, 1.82) is 0 Å². The fraction of sp³-hybridized carbons (Fsp3) is 0.550. The lowest BCUT2D eigenvalue weighted by Crippen LogP contribution is -2.26. The fourth-order valence-corrected chi connectivity index (χ4v) is 3.71. The monoisotopic (exact) mass is 391 g/mol. The van der Waals surface area contributed by atoms with E-state index in [4.69, 9.17) is 9.47 Å². The van der Waals surface area contributed by atoms with Crippen LogP contribution in [0.2, 0.25) is 0 Å². The van der Waals surface area contributed by atoms with Crippen molar-refractivity contribution in [2.24, 2.45) is 5.92 Å². The maximum absolute atomic E-state index is 12.2. The second-order valence-corrected chi connectivity index (χ2v) is 7.57. The second kappa shape index (κ2) is 10.3. The van der Waals surface area contributed by atoms with Crippen LogP contribution in [0.25, 0.3) is 0 Å². The molecule has 0 saturated heterocycles. The number of carbonyl (C=O) groups excluding carboxylic acids is 1. The van der Waals surface area contributed by atoms with Crippen LogP contribution in [0, 0.1) is 5.92 Å². The summed E-state index contributed by atoms with van der Waals surface area (Å²) in [6.45, 7) is 11.4. The summed E-state index contributed by atoms with van der Waals surface area (Å²) in [6, 6.07) is 8.06. The molecule has 0 bridgehead atoms. The predicted molar refractivity (Wildman–Crippen MR) is 107 cm³/mol. The largest absolute Gasteiger partial charge is 0.486 e. The van der Waals surface area contributed by atoms with Crippen molar-refractivity contribution in [2.45, 2.75) is 64.6 Å². The summed E-state index contributed by atoms with van der Waals surface area (Å²) in [7, 11) is 0. The highest BCUT2D eigenvalue weighted by Gasteiger charge is 2.27. The maximum atomic E-state index is 12.2. The molecule has 1 aromatic heterocycles. The average molecular weight is 392 g/mol. The summed E-state index contributed by atoms with van der Waals surface area (Å²) in [4.78, 5) is 12.2. The van der Waals surface area contributed by atoms with Crippen molar-refractivity contribution in [3.8, 4) is 5.75 Å². The molecular weight excluding hydrogens is 362 g/mol. The molecule has 27 heavy (non-hydrogen) atoms. The number of carbonyl (C=O) groups is 1. The summed E-state index contributed by atoms with van der Waals surface area (Å²) in [5.74, 6) is 1.47. The number of thioether (sulfide) groups is 1. The molecule has 0 fully saturated rings. The molecule has 0 N–H and O–H groups in total. The molecule has 2 aromatic rings. The molecule has 0 aliphatic rings. The smallest absolute Gasteiger partial charge is 0.319 e. The number of hydrogen-bond donors (Lipinski definition) is 0. The van der Waals surface area contributed by atoms with Gasteiger partial charge in [-0.15, -0.1) is 10.2 Å². The molecule has 1 heterocycles. The van der Waals surface area contributed by atoms with Crippen molar-refractivity contribution in [3.63, 3.8) is 0 Å². The van der Waals surface area contributed by atoms with Crippen LogP contribution in [-0.2, 0) is 29.1 Å². The molecule has 0 aliphatic heterocycles. The van der Waals surface area contributed by atoms with Crippen LogP contribution >= 0.6 is 11.8 Å². The molecule has 0 spiro atoms. The second-order valence-electron chi connectivity index (χ2n) is 6.46. The summed E-state index contributed by atoms with van der Waals surface area (Å²) >= 11 is 1.40. The number of nitrogens with zero attached hydrogens (tertiary/aromatic N) is 3. The molecule has 7 heteroatoms. The predicted octanol–water partition coefficient (Wildman–Crippen LogP) is 4.12. The van der Waals surface area contributed by atoms with Gasteiger partial charge in [0.15, 0.2) is 11.0 Å². The van der Waals surface area contributed by atoms with Gasteiger partial charge in [-0.1, -0.05) is 44.7 Å². The zero-order valence-corrected chi connectivity index (χ0v) is 17.6. The summed E-state index contributed by atoms with van der Waals surface area (Å²) in [5.41, 5.74) is 1.27. The summed E-state index contributed by atoms with van der Waals surface area (Å²) in [5, 5.41) is 8.95. The first-order valence-corrected chi connectivity index (χ1v) is 10.3. The van der Waals surface area contributed by atoms with Crippen molar-refractivity contribution >= 4 is 17.7 Å². The van der Waals surface area contributed by atoms with Gasteiger partial charge in [-0.3, -0.25) is 4.79 Å². The van der Waals surface area contributed by atoms with Crippen LogP contribution in [0.5, 0.6) is 5.75 Å². The van der Waals surface area contributed by atoms with Crippen LogP contribution in [0.3, 0.4) is 0 Å². The van der Waals surface area contributed by atoms with E-state index >= 15 is 0 Å². The van der Waals surface area contributed by atoms with Crippen LogP contribution in [0.1, 0.15) is 46.0 Å². The third kappa shape index (κ3) is 5.73. The average Bonchev–Trinajstić information content (AvgIpc) is 3.06. The van der Waals surface area contributed by atoms with Gasteiger partial charge in [-0.25, -0.2) is 0 Å². The Kier molecular flexibility index (Phi) is 8.16. The van der Waals surface area contributed by atoms with Gasteiger partial charge >= 0.3 is 5.97 Å². The number of esters is 1. The van der Waals surface area contributed by atoms with E-state index in [-0.39, 0.29) is 17.1 Å². The standard InChI is InChI=1S/C20H29N3O3S/c1-6-15-9-11-16(12-10-15)26-13-17-21-22-20(23(17)7-2)27-18(14(4)5)19(24)25-8-3/h9-12,14,18H,6-8,13H2,1-5H3/t18-/m1/s1. The molecule has 0 amide bonds. The zero-order chi connectivity index (χ0) is 19.8. The molecule has 0 radical (unpaired) electrons. The van der Waals surface area contributed by atoms with Crippen LogP contribution < -0.4 is 4.74 Å². The lowest BCUT2D eigenvalue weighted by atomic mass is 10.1. The molecular formula is C20H29N3O3S. The third-order valence-corrected chi connectivity index (χ3v) is 5.67. The van der Waals surface area contributed by atoms with Gasteiger partial charge in [0.05, 0.1) is 6.61 Å². The van der Waals surface area contributed by atoms with E-state index < -0.39 is 0 Å². The van der Waals surface area contributed by atoms with Gasteiger partial charge in [0.2, 0.25) is 0 Å². The number of aromatic nitrogens is 3. The van der Waals surface area contributed by atoms with Crippen molar-refractivity contribution in [2.75, 3.05) is 6.61 Å². The van der Waals surface area contributed by atoms with E-state index in [0.717, 1.165) is 18.0 Å². The normalized spacial score (nSPS) is 12.2. The van der Waals surface area contributed by atoms with Gasteiger partial charge in [-0.05, 0) is 43.9 Å². The molecule has 1 atom stereocenters. The van der Waals surface area contributed by atoms with Crippen molar-refractivity contribution < 1.29 is 14.3 Å². The Hall–Kier alpha value is -2.02. The number of aryl methyl sites for hydroxylation is 1. The van der Waals surface area contributed by atoms with Crippen LogP contribution in [0.4, 0.5) is 0 Å². The van der Waals surface area contributed by atoms with E-state index in [1.165, 1.54) is 17.3 Å². The molecule has 0 aliphatic carbocycles. The first kappa shape index (κ1) is 21.3. The molecule has 0 unspecified atom stereocenters. The Morgan fingerprint density at radius 2 is 1.85 bits per heavy atom. The first-order chi connectivity index (χ1) is 13.0. The van der Waals surface area contributed by atoms with E-state index in [1.54, 1.807) is 0 Å². The number of hydrogen-bond acceptors (Lipinski definition) is 6. The Morgan fingerprint density at radius 3 is 2.41 bits per heavy atom. The molecule has 0 saturated carbocycles. The van der Waals surface area contributed by atoms with E-state index in [2.05, 4.69) is 29.3 Å². The fourth-order valence-electron chi connectivity index (χ4n) is 2.59. The minimum Gasteiger partial charge on any atom is -0.486 e. The Labute approximate surface area is 165 Å². The molecule has 6 nitrogen and oxygen atoms in total. The third-order valence-electron chi connectivity index (χ3n) is 4.17. The molecule has 1 aromatic carbocycles. The Bertz CT molecular complexity index is 729. The Morgan fingerprint density at radius 1 is 1.15 bits per heavy atom. The quantitative estimate of drug-likeness (QED) is 0.448. The highest BCUT2D eigenvalue weighted by molar-refractivity contribution is 8.00. The minimum absolute atomic E-state index is 0.132. The van der Waals surface area contributed by atoms with Gasteiger partial charge in [0.1, 0.15) is 17.6 Å². The van der Waals surface area contributed by atoms with Crippen molar-refractivity contribution in [3.05, 3.63) is 35.7 Å². The number of benzene rings is 1. The first-order valence-electron chi connectivity index (χ1n) is 9.47. The van der Waals surface area contributed by atoms with Gasteiger partial charge in [0.25, 0.3) is 0 Å². The van der Waals surface area contributed by atoms with Gasteiger partial charge in [0, 0.05) is 6.54 Å². The highest BCUT2D eigenvalue weighted by atomic mass is 32.2. The lowest BCUT2D eigenvalue weighted by molar-refractivity contribution is -0.143. The molecule has 148 valence electrons. The minimum atomic E-state index is -0.310. The highest BCUT2D eigenvalue weighted by Crippen LogP contribution is 2.28. The van der Waals surface area contributed by atoms with Gasteiger partial charge < -0.3 is 14.0 Å². The Balaban J connectivity index is 2.09. The SMILES string of the molecule is CCOC(=O)[C@H](Sc1nnc(COc2ccc(CC)cc2)n1CC)C(C)C. The van der Waals surface area contributed by atoms with Crippen LogP contribution in [-0.4, -0.2) is 32.6 Å². The molecule has 2 rings (SSSR count). The number of rotatable bonds is 10. The topological polar surface area (TPSA) is 66.2 Å². The van der Waals surface area contributed by atoms with E-state index in [0.29, 0.717) is 24.9 Å². The zero-order valence-electron chi connectivity index (χ0n) is 16.8. The summed E-state index contributed by atoms with van der Waals surface area (Å²) in [6.07, 6.45) is 1.00. The van der Waals surface area contributed by atoms with Gasteiger partial charge in [-0.2, -0.15) is 0 Å². The number of ether oxygens (including phenoxy) is 2. The van der Waals surface area contributed by atoms with Crippen molar-refractivity contribution in [1.82, 2.24) is 14.8 Å². The van der Waals surface area contributed by atoms with E-state index in [1.807, 2.05) is 44.4 Å². The van der Waals surface area contributed by atoms with E-state index in [9.17, 15) is 4.79 Å². The lowest BCUT2D eigenvalue weighted by Gasteiger charge is -2.18. The summed E-state index contributed by atoms with van der Waals surface area (Å²) < 4.78 is 13.0. The maximum Gasteiger partial charge on any atom is 0.319 e. The van der Waals surface area contributed by atoms with Crippen LogP contribution in [0.15, 0.2) is 29.4 Å².